The number of pyridine rings is 1. The molecular formula is C13H21N3O2. The first-order valence-corrected chi connectivity index (χ1v) is 6.23. The lowest BCUT2D eigenvalue weighted by molar-refractivity contribution is 0.0946. The molecule has 18 heavy (non-hydrogen) atoms. The highest BCUT2D eigenvalue weighted by Gasteiger charge is 2.10. The fourth-order valence-corrected chi connectivity index (χ4v) is 1.72. The number of aromatic nitrogens is 1. The lowest BCUT2D eigenvalue weighted by atomic mass is 10.0. The van der Waals surface area contributed by atoms with Gasteiger partial charge in [-0.2, -0.15) is 0 Å². The topological polar surface area (TPSA) is 77.1 Å². The lowest BCUT2D eigenvalue weighted by Gasteiger charge is -2.14. The van der Waals surface area contributed by atoms with E-state index >= 15 is 0 Å². The molecule has 1 aromatic heterocycles. The van der Waals surface area contributed by atoms with Crippen molar-refractivity contribution in [2.75, 3.05) is 13.1 Å². The van der Waals surface area contributed by atoms with E-state index in [0.29, 0.717) is 24.6 Å². The number of aryl methyl sites for hydroxylation is 1. The van der Waals surface area contributed by atoms with Crippen molar-refractivity contribution in [1.29, 1.82) is 0 Å². The molecule has 5 nitrogen and oxygen atoms in total. The van der Waals surface area contributed by atoms with Gasteiger partial charge in [0.15, 0.2) is 0 Å². The van der Waals surface area contributed by atoms with E-state index in [9.17, 15) is 9.59 Å². The molecule has 3 N–H and O–H groups in total. The first kappa shape index (κ1) is 14.4. The van der Waals surface area contributed by atoms with Gasteiger partial charge < -0.3 is 15.6 Å². The van der Waals surface area contributed by atoms with E-state index in [1.807, 2.05) is 0 Å². The van der Waals surface area contributed by atoms with Crippen molar-refractivity contribution in [3.05, 3.63) is 34.2 Å². The van der Waals surface area contributed by atoms with Crippen LogP contribution in [0, 0.1) is 5.92 Å². The van der Waals surface area contributed by atoms with Crippen LogP contribution in [0.15, 0.2) is 23.1 Å². The van der Waals surface area contributed by atoms with Gasteiger partial charge in [0.25, 0.3) is 11.5 Å². The average molecular weight is 251 g/mol. The summed E-state index contributed by atoms with van der Waals surface area (Å²) in [5, 5.41) is 2.84. The van der Waals surface area contributed by atoms with E-state index in [2.05, 4.69) is 12.2 Å². The van der Waals surface area contributed by atoms with Gasteiger partial charge in [0.2, 0.25) is 0 Å². The van der Waals surface area contributed by atoms with E-state index in [-0.39, 0.29) is 11.5 Å². The van der Waals surface area contributed by atoms with Crippen LogP contribution >= 0.6 is 0 Å². The number of nitrogens with one attached hydrogen (secondary N) is 1. The van der Waals surface area contributed by atoms with Crippen molar-refractivity contribution >= 4 is 5.91 Å². The molecule has 1 unspecified atom stereocenters. The van der Waals surface area contributed by atoms with E-state index < -0.39 is 0 Å². The highest BCUT2D eigenvalue weighted by Crippen LogP contribution is 2.05. The van der Waals surface area contributed by atoms with Crippen LogP contribution in [0.3, 0.4) is 0 Å². The van der Waals surface area contributed by atoms with Crippen molar-refractivity contribution in [2.24, 2.45) is 18.7 Å². The Bertz CT molecular complexity index is 454. The van der Waals surface area contributed by atoms with Gasteiger partial charge in [0, 0.05) is 31.4 Å². The molecule has 0 aliphatic heterocycles. The smallest absolute Gasteiger partial charge is 0.251 e. The predicted molar refractivity (Wildman–Crippen MR) is 71.5 cm³/mol. The van der Waals surface area contributed by atoms with Crippen molar-refractivity contribution in [3.8, 4) is 0 Å². The Kier molecular flexibility index (Phi) is 5.58. The third kappa shape index (κ3) is 4.00. The van der Waals surface area contributed by atoms with Gasteiger partial charge in [-0.15, -0.1) is 0 Å². The quantitative estimate of drug-likeness (QED) is 0.772. The van der Waals surface area contributed by atoms with E-state index in [1.165, 1.54) is 10.6 Å². The fraction of sp³-hybridized carbons (Fsp3) is 0.538. The number of rotatable bonds is 6. The zero-order valence-corrected chi connectivity index (χ0v) is 11.0. The van der Waals surface area contributed by atoms with Gasteiger partial charge in [-0.3, -0.25) is 9.59 Å². The van der Waals surface area contributed by atoms with Crippen molar-refractivity contribution in [3.63, 3.8) is 0 Å². The number of carbonyl (C=O) groups excluding carboxylic acids is 1. The van der Waals surface area contributed by atoms with Gasteiger partial charge in [-0.25, -0.2) is 0 Å². The van der Waals surface area contributed by atoms with Gasteiger partial charge in [-0.1, -0.05) is 13.3 Å². The van der Waals surface area contributed by atoms with Crippen LogP contribution in [-0.4, -0.2) is 23.6 Å². The van der Waals surface area contributed by atoms with E-state index in [0.717, 1.165) is 12.8 Å². The van der Waals surface area contributed by atoms with Gasteiger partial charge in [0.05, 0.1) is 0 Å². The van der Waals surface area contributed by atoms with Crippen LogP contribution in [-0.2, 0) is 7.05 Å². The minimum absolute atomic E-state index is 0.184. The molecule has 1 atom stereocenters. The van der Waals surface area contributed by atoms with Crippen LogP contribution in [0.4, 0.5) is 0 Å². The molecule has 0 saturated carbocycles. The minimum Gasteiger partial charge on any atom is -0.352 e. The zero-order valence-electron chi connectivity index (χ0n) is 11.0. The molecule has 0 bridgehead atoms. The number of hydrogen-bond donors (Lipinski definition) is 2. The van der Waals surface area contributed by atoms with Gasteiger partial charge in [-0.05, 0) is 24.9 Å². The summed E-state index contributed by atoms with van der Waals surface area (Å²) in [7, 11) is 1.65. The Morgan fingerprint density at radius 1 is 1.56 bits per heavy atom. The van der Waals surface area contributed by atoms with Crippen LogP contribution in [0.2, 0.25) is 0 Å². The largest absolute Gasteiger partial charge is 0.352 e. The third-order valence-electron chi connectivity index (χ3n) is 3.07. The fourth-order valence-electron chi connectivity index (χ4n) is 1.72. The Labute approximate surface area is 107 Å². The summed E-state index contributed by atoms with van der Waals surface area (Å²) >= 11 is 0. The normalized spacial score (nSPS) is 12.2. The monoisotopic (exact) mass is 251 g/mol. The molecule has 0 spiro atoms. The molecular weight excluding hydrogens is 230 g/mol. The van der Waals surface area contributed by atoms with Crippen molar-refractivity contribution < 1.29 is 4.79 Å². The molecule has 1 rings (SSSR count). The summed E-state index contributed by atoms with van der Waals surface area (Å²) in [5.41, 5.74) is 5.72. The Balaban J connectivity index is 2.59. The van der Waals surface area contributed by atoms with Crippen LogP contribution in [0.1, 0.15) is 30.1 Å². The summed E-state index contributed by atoms with van der Waals surface area (Å²) in [4.78, 5) is 23.2. The molecule has 1 aromatic rings. The summed E-state index contributed by atoms with van der Waals surface area (Å²) in [6, 6.07) is 2.99. The highest BCUT2D eigenvalue weighted by molar-refractivity contribution is 5.93. The highest BCUT2D eigenvalue weighted by atomic mass is 16.2. The molecule has 5 heteroatoms. The number of amides is 1. The third-order valence-corrected chi connectivity index (χ3v) is 3.07. The summed E-state index contributed by atoms with van der Waals surface area (Å²) in [6.07, 6.45) is 3.47. The summed E-state index contributed by atoms with van der Waals surface area (Å²) < 4.78 is 1.43. The second-order valence-electron chi connectivity index (χ2n) is 4.43. The Hall–Kier alpha value is -1.62. The van der Waals surface area contributed by atoms with Crippen molar-refractivity contribution in [1.82, 2.24) is 9.88 Å². The zero-order chi connectivity index (χ0) is 13.5. The molecule has 100 valence electrons. The summed E-state index contributed by atoms with van der Waals surface area (Å²) in [5.74, 6) is 0.189. The average Bonchev–Trinajstić information content (AvgIpc) is 2.37. The maximum absolute atomic E-state index is 11.8. The molecule has 0 aliphatic carbocycles. The maximum atomic E-state index is 11.8. The van der Waals surface area contributed by atoms with E-state index in [1.54, 1.807) is 19.3 Å². The number of carbonyl (C=O) groups is 1. The first-order valence-electron chi connectivity index (χ1n) is 6.23. The van der Waals surface area contributed by atoms with Crippen LogP contribution in [0.5, 0.6) is 0 Å². The van der Waals surface area contributed by atoms with Gasteiger partial charge >= 0.3 is 0 Å². The number of nitrogens with two attached hydrogens (primary N) is 1. The van der Waals surface area contributed by atoms with Crippen LogP contribution in [0.25, 0.3) is 0 Å². The second-order valence-corrected chi connectivity index (χ2v) is 4.43. The molecule has 1 heterocycles. The standard InChI is InChI=1S/C13H21N3O2/c1-3-10(4-6-14)9-15-13(18)11-5-7-16(2)12(17)8-11/h5,7-8,10H,3-4,6,9,14H2,1-2H3,(H,15,18). The molecule has 0 fully saturated rings. The molecule has 0 aromatic carbocycles. The van der Waals surface area contributed by atoms with Crippen LogP contribution < -0.4 is 16.6 Å². The Morgan fingerprint density at radius 3 is 2.83 bits per heavy atom. The summed E-state index contributed by atoms with van der Waals surface area (Å²) in [6.45, 7) is 3.30. The lowest BCUT2D eigenvalue weighted by Crippen LogP contribution is -2.31. The maximum Gasteiger partial charge on any atom is 0.251 e. The molecule has 0 aliphatic rings. The SMILES string of the molecule is CCC(CCN)CNC(=O)c1ccn(C)c(=O)c1. The number of hydrogen-bond acceptors (Lipinski definition) is 3. The second kappa shape index (κ2) is 6.96. The van der Waals surface area contributed by atoms with Crippen molar-refractivity contribution in [2.45, 2.75) is 19.8 Å². The Morgan fingerprint density at radius 2 is 2.28 bits per heavy atom. The molecule has 0 saturated heterocycles. The first-order chi connectivity index (χ1) is 8.58. The van der Waals surface area contributed by atoms with E-state index in [4.69, 9.17) is 5.73 Å². The number of nitrogens with zero attached hydrogens (tertiary/aromatic N) is 1. The minimum atomic E-state index is -0.205. The molecule has 1 amide bonds. The van der Waals surface area contributed by atoms with Gasteiger partial charge in [0.1, 0.15) is 0 Å². The molecule has 0 radical (unpaired) electrons. The predicted octanol–water partition coefficient (Wildman–Crippen LogP) is 0.490.